The van der Waals surface area contributed by atoms with Crippen molar-refractivity contribution >= 4 is 41.1 Å². The van der Waals surface area contributed by atoms with E-state index in [0.29, 0.717) is 0 Å². The SMILES string of the molecule is CCN(CC)C(CO[SiH2]CCCSSCCC[SiH2]OCC(N(CC)CC)(N(CC)CC)N(CC)CC)(N(CC)CC)N(CC)CC. The Morgan fingerprint density at radius 3 is 0.804 bits per heavy atom. The summed E-state index contributed by atoms with van der Waals surface area (Å²) >= 11 is 0. The van der Waals surface area contributed by atoms with E-state index in [4.69, 9.17) is 8.85 Å². The van der Waals surface area contributed by atoms with E-state index in [-0.39, 0.29) is 11.6 Å². The molecule has 278 valence electrons. The second-order valence-corrected chi connectivity index (χ2v) is 17.5. The average molecular weight is 725 g/mol. The summed E-state index contributed by atoms with van der Waals surface area (Å²) in [5.74, 6) is 2.21. The number of hydrogen-bond donors (Lipinski definition) is 0. The molecule has 0 bridgehead atoms. The summed E-state index contributed by atoms with van der Waals surface area (Å²) in [6.45, 7) is 41.7. The topological polar surface area (TPSA) is 37.9 Å². The van der Waals surface area contributed by atoms with Crippen molar-refractivity contribution in [2.24, 2.45) is 0 Å². The molecular weight excluding hydrogens is 645 g/mol. The molecule has 0 amide bonds. The fraction of sp³-hybridized carbons (Fsp3) is 1.00. The number of hydrogen-bond acceptors (Lipinski definition) is 10. The molecule has 0 saturated heterocycles. The molecule has 0 rings (SSSR count). The van der Waals surface area contributed by atoms with Crippen LogP contribution in [0.5, 0.6) is 0 Å². The molecule has 0 aromatic carbocycles. The Kier molecular flexibility index (Phi) is 29.0. The van der Waals surface area contributed by atoms with E-state index in [1.54, 1.807) is 0 Å². The van der Waals surface area contributed by atoms with Crippen LogP contribution in [-0.4, -0.2) is 164 Å². The monoisotopic (exact) mass is 725 g/mol. The summed E-state index contributed by atoms with van der Waals surface area (Å²) in [6, 6.07) is 2.54. The van der Waals surface area contributed by atoms with Crippen LogP contribution in [0.2, 0.25) is 12.1 Å². The van der Waals surface area contributed by atoms with Gasteiger partial charge in [0.25, 0.3) is 0 Å². The summed E-state index contributed by atoms with van der Waals surface area (Å²) in [7, 11) is 3.07. The van der Waals surface area contributed by atoms with E-state index in [9.17, 15) is 0 Å². The zero-order valence-corrected chi connectivity index (χ0v) is 37.3. The first-order valence-electron chi connectivity index (χ1n) is 19.2. The Morgan fingerprint density at radius 1 is 0.391 bits per heavy atom. The second kappa shape index (κ2) is 28.5. The minimum absolute atomic E-state index is 0.134. The summed E-state index contributed by atoms with van der Waals surface area (Å²) in [5.41, 5.74) is 0. The number of nitrogens with zero attached hydrogens (tertiary/aromatic N) is 6. The van der Waals surface area contributed by atoms with Gasteiger partial charge in [0.2, 0.25) is 0 Å². The molecule has 8 nitrogen and oxygen atoms in total. The summed E-state index contributed by atoms with van der Waals surface area (Å²) in [5, 5.41) is 0. The summed E-state index contributed by atoms with van der Waals surface area (Å²) in [6.07, 6.45) is 2.56. The molecule has 0 unspecified atom stereocenters. The molecule has 0 saturated carbocycles. The van der Waals surface area contributed by atoms with E-state index < -0.39 is 19.5 Å². The van der Waals surface area contributed by atoms with Crippen LogP contribution in [0.15, 0.2) is 0 Å². The first-order valence-corrected chi connectivity index (χ1v) is 24.9. The maximum absolute atomic E-state index is 6.63. The Balaban J connectivity index is 4.65. The van der Waals surface area contributed by atoms with Gasteiger partial charge in [-0.25, -0.2) is 0 Å². The van der Waals surface area contributed by atoms with Gasteiger partial charge < -0.3 is 8.85 Å². The van der Waals surface area contributed by atoms with Crippen LogP contribution in [0, 0.1) is 0 Å². The third-order valence-electron chi connectivity index (χ3n) is 9.83. The van der Waals surface area contributed by atoms with E-state index in [1.807, 2.05) is 0 Å². The highest BCUT2D eigenvalue weighted by Crippen LogP contribution is 2.28. The van der Waals surface area contributed by atoms with Crippen molar-refractivity contribution in [1.82, 2.24) is 29.4 Å². The van der Waals surface area contributed by atoms with Crippen LogP contribution in [0.25, 0.3) is 0 Å². The van der Waals surface area contributed by atoms with Gasteiger partial charge in [0.05, 0.1) is 13.2 Å². The zero-order valence-electron chi connectivity index (χ0n) is 32.9. The van der Waals surface area contributed by atoms with Crippen molar-refractivity contribution in [1.29, 1.82) is 0 Å². The van der Waals surface area contributed by atoms with Gasteiger partial charge >= 0.3 is 0 Å². The minimum Gasteiger partial charge on any atom is -0.419 e. The van der Waals surface area contributed by atoms with Crippen LogP contribution in [0.4, 0.5) is 0 Å². The van der Waals surface area contributed by atoms with Gasteiger partial charge in [0.15, 0.2) is 31.1 Å². The first-order chi connectivity index (χ1) is 22.3. The lowest BCUT2D eigenvalue weighted by Gasteiger charge is -2.55. The van der Waals surface area contributed by atoms with Gasteiger partial charge in [0.1, 0.15) is 0 Å². The molecule has 0 aromatic rings. The first kappa shape index (κ1) is 46.8. The third-order valence-corrected chi connectivity index (χ3v) is 15.0. The molecular formula is C34H80N6O2S2Si2. The largest absolute Gasteiger partial charge is 0.419 e. The van der Waals surface area contributed by atoms with Gasteiger partial charge in [-0.1, -0.05) is 105 Å². The normalized spacial score (nSPS) is 13.7. The fourth-order valence-corrected chi connectivity index (χ4v) is 12.6. The molecule has 0 radical (unpaired) electrons. The van der Waals surface area contributed by atoms with Crippen LogP contribution >= 0.6 is 21.6 Å². The van der Waals surface area contributed by atoms with Gasteiger partial charge in [-0.15, -0.1) is 0 Å². The Hall–Kier alpha value is 0.814. The van der Waals surface area contributed by atoms with E-state index in [0.717, 1.165) is 91.8 Å². The van der Waals surface area contributed by atoms with E-state index >= 15 is 0 Å². The molecule has 12 heteroatoms. The highest BCUT2D eigenvalue weighted by atomic mass is 33.1. The predicted octanol–water partition coefficient (Wildman–Crippen LogP) is 5.54. The molecule has 0 fully saturated rings. The maximum Gasteiger partial charge on any atom is 0.161 e. The lowest BCUT2D eigenvalue weighted by Crippen LogP contribution is -2.72. The smallest absolute Gasteiger partial charge is 0.161 e. The molecule has 0 aliphatic heterocycles. The lowest BCUT2D eigenvalue weighted by molar-refractivity contribution is -0.181. The van der Waals surface area contributed by atoms with E-state index in [1.165, 1.54) is 36.4 Å². The van der Waals surface area contributed by atoms with Gasteiger partial charge in [-0.3, -0.25) is 29.4 Å². The predicted molar refractivity (Wildman–Crippen MR) is 216 cm³/mol. The summed E-state index contributed by atoms with van der Waals surface area (Å²) in [4.78, 5) is 15.7. The quantitative estimate of drug-likeness (QED) is 0.0373. The van der Waals surface area contributed by atoms with Crippen LogP contribution in [-0.2, 0) is 8.85 Å². The molecule has 0 aliphatic carbocycles. The van der Waals surface area contributed by atoms with Gasteiger partial charge in [-0.05, 0) is 103 Å². The Morgan fingerprint density at radius 2 is 0.609 bits per heavy atom. The molecule has 0 spiro atoms. The van der Waals surface area contributed by atoms with Crippen molar-refractivity contribution < 1.29 is 8.85 Å². The van der Waals surface area contributed by atoms with Gasteiger partial charge in [0, 0.05) is 11.5 Å². The van der Waals surface area contributed by atoms with Crippen LogP contribution in [0.1, 0.15) is 95.9 Å². The third kappa shape index (κ3) is 13.5. The fourth-order valence-electron chi connectivity index (χ4n) is 7.39. The molecule has 0 N–H and O–H groups in total. The number of likely N-dealkylation sites (N-methyl/N-ethyl adjacent to an activating group) is 6. The van der Waals surface area contributed by atoms with Gasteiger partial charge in [-0.2, -0.15) is 0 Å². The molecule has 0 heterocycles. The highest BCUT2D eigenvalue weighted by Gasteiger charge is 2.45. The van der Waals surface area contributed by atoms with Crippen molar-refractivity contribution in [2.45, 2.75) is 120 Å². The maximum atomic E-state index is 6.63. The van der Waals surface area contributed by atoms with Crippen LogP contribution < -0.4 is 0 Å². The Bertz CT molecular complexity index is 563. The molecule has 46 heavy (non-hydrogen) atoms. The summed E-state index contributed by atoms with van der Waals surface area (Å²) < 4.78 is 13.3. The average Bonchev–Trinajstić information content (AvgIpc) is 3.07. The number of rotatable bonds is 33. The molecule has 0 aromatic heterocycles. The standard InChI is InChI=1S/C34H80N6O2S2Si2/c1-13-35(14-2)33(36(15-3)16-4,37(17-5)18-6)31-41-45-29-25-27-43-44-28-26-30-46-42-32-34(38(19-7)20-8,39(21-9)22-10)40(23-11)24-12/h13-32,45-46H2,1-12H3. The van der Waals surface area contributed by atoms with Crippen molar-refractivity contribution in [3.8, 4) is 0 Å². The molecule has 0 atom stereocenters. The lowest BCUT2D eigenvalue weighted by atomic mass is 10.1. The highest BCUT2D eigenvalue weighted by molar-refractivity contribution is 8.76. The van der Waals surface area contributed by atoms with Crippen molar-refractivity contribution in [3.05, 3.63) is 0 Å². The minimum atomic E-state index is -0.529. The zero-order chi connectivity index (χ0) is 34.8. The molecule has 0 aliphatic rings. The van der Waals surface area contributed by atoms with Crippen molar-refractivity contribution in [2.75, 3.05) is 103 Å². The van der Waals surface area contributed by atoms with Crippen molar-refractivity contribution in [3.63, 3.8) is 0 Å². The second-order valence-electron chi connectivity index (χ2n) is 11.7. The van der Waals surface area contributed by atoms with Crippen LogP contribution in [0.3, 0.4) is 0 Å². The van der Waals surface area contributed by atoms with E-state index in [2.05, 4.69) is 134 Å². The Labute approximate surface area is 301 Å².